The summed E-state index contributed by atoms with van der Waals surface area (Å²) < 4.78 is 21.7. The molecule has 2 aliphatic rings. The fraction of sp³-hybridized carbons (Fsp3) is 0.375. The Bertz CT molecular complexity index is 1580. The van der Waals surface area contributed by atoms with Crippen molar-refractivity contribution in [2.45, 2.75) is 38.6 Å². The van der Waals surface area contributed by atoms with E-state index in [9.17, 15) is 14.0 Å². The highest BCUT2D eigenvalue weighted by molar-refractivity contribution is 7.22. The van der Waals surface area contributed by atoms with Gasteiger partial charge in [-0.3, -0.25) is 24.5 Å². The lowest BCUT2D eigenvalue weighted by Gasteiger charge is -2.34. The monoisotopic (exact) mass is 588 g/mol. The molecule has 2 fully saturated rings. The van der Waals surface area contributed by atoms with Gasteiger partial charge in [-0.05, 0) is 54.2 Å². The molecule has 4 heterocycles. The molecule has 0 spiro atoms. The number of carbonyl (C=O) groups is 2. The number of thiophene rings is 1. The molecule has 6 rings (SSSR count). The van der Waals surface area contributed by atoms with Gasteiger partial charge in [0.1, 0.15) is 11.5 Å². The fourth-order valence-electron chi connectivity index (χ4n) is 5.27. The van der Waals surface area contributed by atoms with E-state index in [2.05, 4.69) is 20.9 Å². The number of Topliss-reactive ketones (excluding diaryl/α,β-unsaturated/α-hetero) is 1. The lowest BCUT2D eigenvalue weighted by molar-refractivity contribution is -0.137. The molecule has 1 saturated heterocycles. The Balaban J connectivity index is 1.09. The molecule has 1 saturated carbocycles. The predicted molar refractivity (Wildman–Crippen MR) is 159 cm³/mol. The minimum absolute atomic E-state index is 0.112. The Kier molecular flexibility index (Phi) is 8.55. The number of hydrogen-bond acceptors (Lipinski definition) is 8. The van der Waals surface area contributed by atoms with Crippen LogP contribution in [0.25, 0.3) is 20.8 Å². The summed E-state index contributed by atoms with van der Waals surface area (Å²) in [4.78, 5) is 37.7. The number of pyridine rings is 2. The summed E-state index contributed by atoms with van der Waals surface area (Å²) in [6, 6.07) is 12.5. The zero-order valence-electron chi connectivity index (χ0n) is 23.3. The van der Waals surface area contributed by atoms with Crippen molar-refractivity contribution >= 4 is 33.3 Å². The van der Waals surface area contributed by atoms with E-state index in [1.165, 1.54) is 17.4 Å². The number of ether oxygens (including phenoxy) is 1. The van der Waals surface area contributed by atoms with Crippen molar-refractivity contribution in [2.24, 2.45) is 5.92 Å². The number of carboxylic acid groups (broad SMARTS) is 1. The first-order chi connectivity index (χ1) is 20.4. The predicted octanol–water partition coefficient (Wildman–Crippen LogP) is 5.79. The zero-order chi connectivity index (χ0) is 29.1. The van der Waals surface area contributed by atoms with E-state index in [0.29, 0.717) is 30.2 Å². The second-order valence-corrected chi connectivity index (χ2v) is 12.2. The van der Waals surface area contributed by atoms with E-state index < -0.39 is 11.8 Å². The van der Waals surface area contributed by atoms with Crippen LogP contribution in [0.1, 0.15) is 36.8 Å². The smallest absolute Gasteiger partial charge is 0.304 e. The van der Waals surface area contributed by atoms with Crippen LogP contribution in [0.2, 0.25) is 0 Å². The number of aliphatic carboxylic acids is 1. The third-order valence-corrected chi connectivity index (χ3v) is 8.96. The first kappa shape index (κ1) is 28.4. The van der Waals surface area contributed by atoms with Gasteiger partial charge in [-0.15, -0.1) is 11.3 Å². The molecular formula is C32H33FN4O4S. The Morgan fingerprint density at radius 1 is 0.976 bits per heavy atom. The van der Waals surface area contributed by atoms with Crippen LogP contribution in [0.4, 0.5) is 4.39 Å². The third kappa shape index (κ3) is 7.18. The highest BCUT2D eigenvalue weighted by Crippen LogP contribution is 2.39. The molecule has 1 aromatic carbocycles. The summed E-state index contributed by atoms with van der Waals surface area (Å²) in [7, 11) is 0. The summed E-state index contributed by atoms with van der Waals surface area (Å²) in [6.45, 7) is 4.92. The molecular weight excluding hydrogens is 555 g/mol. The number of hydrogen-bond donors (Lipinski definition) is 1. The highest BCUT2D eigenvalue weighted by atomic mass is 32.1. The van der Waals surface area contributed by atoms with Gasteiger partial charge in [-0.25, -0.2) is 4.39 Å². The minimum atomic E-state index is -0.755. The molecule has 0 amide bonds. The molecule has 1 N–H and O–H groups in total. The first-order valence-electron chi connectivity index (χ1n) is 14.4. The molecule has 3 aromatic heterocycles. The van der Waals surface area contributed by atoms with Gasteiger partial charge in [0.2, 0.25) is 0 Å². The van der Waals surface area contributed by atoms with Crippen LogP contribution in [-0.4, -0.2) is 69.4 Å². The molecule has 0 unspecified atom stereocenters. The fourth-order valence-corrected chi connectivity index (χ4v) is 6.31. The van der Waals surface area contributed by atoms with E-state index in [4.69, 9.17) is 14.8 Å². The summed E-state index contributed by atoms with van der Waals surface area (Å²) in [5.41, 5.74) is 3.37. The van der Waals surface area contributed by atoms with E-state index in [1.54, 1.807) is 24.4 Å². The number of halogens is 1. The Hall–Kier alpha value is -3.73. The van der Waals surface area contributed by atoms with Crippen molar-refractivity contribution in [3.63, 3.8) is 0 Å². The number of fused-ring (bicyclic) bond motifs is 1. The molecule has 218 valence electrons. The molecule has 10 heteroatoms. The maximum atomic E-state index is 14.9. The molecule has 8 nitrogen and oxygen atoms in total. The molecule has 1 aliphatic heterocycles. The number of piperazine rings is 1. The van der Waals surface area contributed by atoms with Gasteiger partial charge in [-0.1, -0.05) is 12.1 Å². The van der Waals surface area contributed by atoms with Crippen molar-refractivity contribution in [1.29, 1.82) is 0 Å². The minimum Gasteiger partial charge on any atom is -0.481 e. The maximum Gasteiger partial charge on any atom is 0.304 e. The topological polar surface area (TPSA) is 95.9 Å². The van der Waals surface area contributed by atoms with Crippen molar-refractivity contribution < 1.29 is 23.8 Å². The van der Waals surface area contributed by atoms with Crippen molar-refractivity contribution in [1.82, 2.24) is 19.8 Å². The SMILES string of the molecule is O=C(O)CCN1CCN(Cc2ccc(-c3cc4nccc(Oc5ccc(CC(=O)CC6CC6)cc5F)c4s3)nc2)CC1. The van der Waals surface area contributed by atoms with Gasteiger partial charge in [0, 0.05) is 70.6 Å². The maximum absolute atomic E-state index is 14.9. The van der Waals surface area contributed by atoms with Crippen LogP contribution in [-0.2, 0) is 22.6 Å². The highest BCUT2D eigenvalue weighted by Gasteiger charge is 2.24. The number of carboxylic acids is 1. The van der Waals surface area contributed by atoms with Crippen LogP contribution in [0, 0.1) is 11.7 Å². The van der Waals surface area contributed by atoms with Gasteiger partial charge in [0.15, 0.2) is 11.6 Å². The van der Waals surface area contributed by atoms with Crippen LogP contribution in [0.3, 0.4) is 0 Å². The molecule has 0 atom stereocenters. The second kappa shape index (κ2) is 12.6. The number of carbonyl (C=O) groups excluding carboxylic acids is 1. The number of nitrogens with zero attached hydrogens (tertiary/aromatic N) is 4. The largest absolute Gasteiger partial charge is 0.481 e. The summed E-state index contributed by atoms with van der Waals surface area (Å²) in [6.07, 6.45) is 6.80. The number of benzene rings is 1. The van der Waals surface area contributed by atoms with Crippen molar-refractivity contribution in [3.05, 3.63) is 71.8 Å². The van der Waals surface area contributed by atoms with E-state index in [1.807, 2.05) is 18.3 Å². The Morgan fingerprint density at radius 2 is 1.76 bits per heavy atom. The average Bonchev–Trinajstić information content (AvgIpc) is 3.68. The van der Waals surface area contributed by atoms with E-state index in [0.717, 1.165) is 71.9 Å². The number of aromatic nitrogens is 2. The lowest BCUT2D eigenvalue weighted by Crippen LogP contribution is -2.46. The van der Waals surface area contributed by atoms with Gasteiger partial charge < -0.3 is 14.7 Å². The summed E-state index contributed by atoms with van der Waals surface area (Å²) in [5, 5.41) is 8.90. The van der Waals surface area contributed by atoms with Crippen LogP contribution in [0.15, 0.2) is 54.9 Å². The number of rotatable bonds is 12. The summed E-state index contributed by atoms with van der Waals surface area (Å²) in [5.74, 6) is 0.0604. The normalized spacial score (nSPS) is 16.1. The van der Waals surface area contributed by atoms with Gasteiger partial charge >= 0.3 is 5.97 Å². The van der Waals surface area contributed by atoms with Gasteiger partial charge in [0.25, 0.3) is 0 Å². The molecule has 0 bridgehead atoms. The Labute approximate surface area is 247 Å². The van der Waals surface area contributed by atoms with Crippen LogP contribution < -0.4 is 4.74 Å². The van der Waals surface area contributed by atoms with Crippen LogP contribution >= 0.6 is 11.3 Å². The number of ketones is 1. The Morgan fingerprint density at radius 3 is 2.48 bits per heavy atom. The van der Waals surface area contributed by atoms with Gasteiger partial charge in [0.05, 0.1) is 27.2 Å². The van der Waals surface area contributed by atoms with Gasteiger partial charge in [-0.2, -0.15) is 0 Å². The van der Waals surface area contributed by atoms with E-state index in [-0.39, 0.29) is 24.4 Å². The molecule has 4 aromatic rings. The second-order valence-electron chi connectivity index (χ2n) is 11.2. The van der Waals surface area contributed by atoms with Crippen molar-refractivity contribution in [3.8, 4) is 22.1 Å². The third-order valence-electron chi connectivity index (χ3n) is 7.80. The molecule has 42 heavy (non-hydrogen) atoms. The van der Waals surface area contributed by atoms with E-state index >= 15 is 0 Å². The molecule has 1 aliphatic carbocycles. The lowest BCUT2D eigenvalue weighted by atomic mass is 10.0. The summed E-state index contributed by atoms with van der Waals surface area (Å²) >= 11 is 1.50. The average molecular weight is 589 g/mol. The first-order valence-corrected chi connectivity index (χ1v) is 15.2. The standard InChI is InChI=1S/C32H33FN4O4S/c33-25-17-22(16-24(38)15-21-1-2-21)4-6-28(25)41-29-7-9-34-27-18-30(42-32(27)29)26-5-3-23(19-35-26)20-37-13-11-36(12-14-37)10-8-31(39)40/h3-7,9,17-19,21H,1-2,8,10-16,20H2,(H,39,40). The van der Waals surface area contributed by atoms with Crippen molar-refractivity contribution in [2.75, 3.05) is 32.7 Å². The quantitative estimate of drug-likeness (QED) is 0.222. The molecule has 0 radical (unpaired) electrons. The zero-order valence-corrected chi connectivity index (χ0v) is 24.1. The van der Waals surface area contributed by atoms with Crippen LogP contribution in [0.5, 0.6) is 11.5 Å².